The number of hydrogen-bond acceptors (Lipinski definition) is 7. The molecule has 0 spiro atoms. The summed E-state index contributed by atoms with van der Waals surface area (Å²) < 4.78 is 66.9. The van der Waals surface area contributed by atoms with Crippen LogP contribution in [0.2, 0.25) is 0 Å². The van der Waals surface area contributed by atoms with E-state index in [0.717, 1.165) is 18.2 Å². The van der Waals surface area contributed by atoms with E-state index in [9.17, 15) is 33.1 Å². The molecular weight excluding hydrogens is 588 g/mol. The fourth-order valence-corrected chi connectivity index (χ4v) is 9.61. The largest absolute Gasteiger partial charge is 0.449 e. The van der Waals surface area contributed by atoms with Crippen molar-refractivity contribution < 1.29 is 46.6 Å². The second-order valence-electron chi connectivity index (χ2n) is 12.7. The quantitative estimate of drug-likeness (QED) is 0.248. The summed E-state index contributed by atoms with van der Waals surface area (Å²) >= 11 is 0.513. The Bertz CT molecular complexity index is 1460. The van der Waals surface area contributed by atoms with Gasteiger partial charge < -0.3 is 9.84 Å². The van der Waals surface area contributed by atoms with E-state index in [-0.39, 0.29) is 31.3 Å². The molecule has 1 aromatic rings. The molecule has 0 heterocycles. The number of ketones is 2. The third kappa shape index (κ3) is 4.39. The van der Waals surface area contributed by atoms with Crippen LogP contribution < -0.4 is 0 Å². The van der Waals surface area contributed by atoms with Gasteiger partial charge in [0.15, 0.2) is 22.8 Å². The van der Waals surface area contributed by atoms with Gasteiger partial charge in [-0.2, -0.15) is 0 Å². The molecule has 0 saturated heterocycles. The van der Waals surface area contributed by atoms with Gasteiger partial charge in [0.25, 0.3) is 0 Å². The van der Waals surface area contributed by atoms with Crippen LogP contribution in [-0.4, -0.2) is 57.1 Å². The summed E-state index contributed by atoms with van der Waals surface area (Å²) in [6, 6.07) is 2.46. The number of hydrogen-bond donors (Lipinski definition) is 1. The van der Waals surface area contributed by atoms with Crippen molar-refractivity contribution in [2.24, 2.45) is 28.6 Å². The van der Waals surface area contributed by atoms with Crippen LogP contribution >= 0.6 is 11.8 Å². The lowest BCUT2D eigenvalue weighted by atomic mass is 9.44. The molecule has 6 nitrogen and oxygen atoms in total. The Morgan fingerprint density at radius 3 is 2.49 bits per heavy atom. The maximum absolute atomic E-state index is 17.5. The number of aliphatic hydroxyl groups excluding tert-OH is 1. The average molecular weight is 623 g/mol. The Morgan fingerprint density at radius 2 is 1.84 bits per heavy atom. The topological polar surface area (TPSA) is 97.7 Å². The van der Waals surface area contributed by atoms with Crippen molar-refractivity contribution in [3.05, 3.63) is 59.2 Å². The Morgan fingerprint density at radius 1 is 1.14 bits per heavy atom. The van der Waals surface area contributed by atoms with E-state index in [1.54, 1.807) is 13.8 Å². The number of ether oxygens (including phenoxy) is 1. The number of Topliss-reactive ketones (excluding diaryl/α,β-unsaturated/α-hetero) is 1. The van der Waals surface area contributed by atoms with Gasteiger partial charge in [0.1, 0.15) is 17.8 Å². The molecule has 0 aliphatic heterocycles. The van der Waals surface area contributed by atoms with Gasteiger partial charge in [-0.1, -0.05) is 38.6 Å². The lowest BCUT2D eigenvalue weighted by Crippen LogP contribution is -2.70. The Labute approximate surface area is 251 Å². The molecule has 0 unspecified atom stereocenters. The molecule has 3 fully saturated rings. The summed E-state index contributed by atoms with van der Waals surface area (Å²) in [7, 11) is 0. The number of carbonyl (C=O) groups excluding carboxylic acids is 4. The van der Waals surface area contributed by atoms with E-state index in [1.165, 1.54) is 26.0 Å². The highest BCUT2D eigenvalue weighted by Crippen LogP contribution is 2.72. The Hall–Kier alpha value is -2.79. The van der Waals surface area contributed by atoms with Crippen molar-refractivity contribution in [1.82, 2.24) is 0 Å². The lowest BCUT2D eigenvalue weighted by Gasteiger charge is -2.63. The predicted molar refractivity (Wildman–Crippen MR) is 150 cm³/mol. The second kappa shape index (κ2) is 10.7. The molecule has 4 aliphatic carbocycles. The van der Waals surface area contributed by atoms with Gasteiger partial charge in [0.2, 0.25) is 5.12 Å². The van der Waals surface area contributed by atoms with E-state index in [1.807, 2.05) is 0 Å². The summed E-state index contributed by atoms with van der Waals surface area (Å²) in [6.07, 6.45) is -0.420. The number of aliphatic hydroxyl groups is 1. The lowest BCUT2D eigenvalue weighted by molar-refractivity contribution is -0.228. The van der Waals surface area contributed by atoms with Crippen LogP contribution in [0.4, 0.5) is 17.6 Å². The summed E-state index contributed by atoms with van der Waals surface area (Å²) in [4.78, 5) is 51.9. The first-order chi connectivity index (χ1) is 20.1. The van der Waals surface area contributed by atoms with Gasteiger partial charge in [0.05, 0.1) is 17.4 Å². The SMILES string of the molecule is CCC(=O)O[C@]1(C(=O)SCC(=O)c2ccc(F)cc2F)[C@H](C)C[C@H]2[C@@H]3C[C@H](F)C4=CC(=O)C=C[C@]4(C)[C@@]3(F)[C@@H](O)C[C@@]21C. The van der Waals surface area contributed by atoms with E-state index in [2.05, 4.69) is 0 Å². The van der Waals surface area contributed by atoms with Crippen LogP contribution in [0.3, 0.4) is 0 Å². The average Bonchev–Trinajstić information content (AvgIpc) is 3.16. The van der Waals surface area contributed by atoms with Crippen molar-refractivity contribution >= 4 is 34.4 Å². The highest BCUT2D eigenvalue weighted by Gasteiger charge is 2.78. The number of fused-ring (bicyclic) bond motifs is 5. The van der Waals surface area contributed by atoms with Gasteiger partial charge >= 0.3 is 5.97 Å². The van der Waals surface area contributed by atoms with Gasteiger partial charge in [-0.15, -0.1) is 0 Å². The minimum absolute atomic E-state index is 0.0331. The van der Waals surface area contributed by atoms with Gasteiger partial charge in [-0.25, -0.2) is 17.6 Å². The molecule has 4 aliphatic rings. The van der Waals surface area contributed by atoms with E-state index in [0.29, 0.717) is 17.8 Å². The molecule has 9 atom stereocenters. The van der Waals surface area contributed by atoms with E-state index >= 15 is 8.78 Å². The molecule has 43 heavy (non-hydrogen) atoms. The predicted octanol–water partition coefficient (Wildman–Crippen LogP) is 5.66. The first-order valence-corrected chi connectivity index (χ1v) is 15.4. The third-order valence-corrected chi connectivity index (χ3v) is 11.6. The van der Waals surface area contributed by atoms with Crippen LogP contribution in [0.15, 0.2) is 42.0 Å². The molecule has 232 valence electrons. The summed E-state index contributed by atoms with van der Waals surface area (Å²) in [5.74, 6) is -7.01. The monoisotopic (exact) mass is 622 g/mol. The minimum Gasteiger partial charge on any atom is -0.449 e. The smallest absolute Gasteiger partial charge is 0.306 e. The van der Waals surface area contributed by atoms with E-state index < -0.39 is 97.7 Å². The van der Waals surface area contributed by atoms with Crippen molar-refractivity contribution in [3.63, 3.8) is 0 Å². The van der Waals surface area contributed by atoms with Crippen LogP contribution in [0.1, 0.15) is 63.7 Å². The standard InChI is InChI=1S/C32H34F4O6S/c1-5-27(40)42-32(28(41)43-15-25(38)19-7-6-17(33)11-23(19)34)16(2)10-20-21-13-24(35)22-12-18(37)8-9-29(22,3)31(21,36)26(39)14-30(20,32)4/h6-9,11-12,16,20-21,24,26,39H,5,10,13-15H2,1-4H3/t16-,20+,21+,24+,26+,29+,30+,31+,32+/m1/s1. The molecule has 11 heteroatoms. The Balaban J connectivity index is 1.54. The zero-order valence-electron chi connectivity index (χ0n) is 24.3. The van der Waals surface area contributed by atoms with Crippen LogP contribution in [-0.2, 0) is 19.1 Å². The van der Waals surface area contributed by atoms with Crippen LogP contribution in [0.5, 0.6) is 0 Å². The molecule has 0 radical (unpaired) electrons. The zero-order chi connectivity index (χ0) is 31.7. The minimum atomic E-state index is -2.39. The van der Waals surface area contributed by atoms with Gasteiger partial charge in [-0.05, 0) is 62.0 Å². The van der Waals surface area contributed by atoms with E-state index in [4.69, 9.17) is 4.74 Å². The number of alkyl halides is 2. The molecule has 3 saturated carbocycles. The van der Waals surface area contributed by atoms with Crippen molar-refractivity contribution in [1.29, 1.82) is 0 Å². The third-order valence-electron chi connectivity index (χ3n) is 10.6. The molecule has 0 amide bonds. The maximum atomic E-state index is 17.5. The van der Waals surface area contributed by atoms with Crippen LogP contribution in [0.25, 0.3) is 0 Å². The highest BCUT2D eigenvalue weighted by atomic mass is 32.2. The fraction of sp³-hybridized carbons (Fsp3) is 0.562. The summed E-state index contributed by atoms with van der Waals surface area (Å²) in [5, 5.41) is 10.9. The van der Waals surface area contributed by atoms with Crippen molar-refractivity contribution in [3.8, 4) is 0 Å². The molecular formula is C32H34F4O6S. The summed E-state index contributed by atoms with van der Waals surface area (Å²) in [5.41, 5.74) is -7.73. The Kier molecular flexibility index (Phi) is 7.86. The van der Waals surface area contributed by atoms with Crippen molar-refractivity contribution in [2.75, 3.05) is 5.75 Å². The molecule has 0 aromatic heterocycles. The first kappa shape index (κ1) is 31.6. The number of benzene rings is 1. The molecule has 1 aromatic carbocycles. The number of halogens is 4. The van der Waals surface area contributed by atoms with Gasteiger partial charge in [-0.3, -0.25) is 19.2 Å². The fourth-order valence-electron chi connectivity index (χ4n) is 8.50. The van der Waals surface area contributed by atoms with Crippen LogP contribution in [0, 0.1) is 40.2 Å². The number of carbonyl (C=O) groups is 4. The molecule has 1 N–H and O–H groups in total. The normalized spacial score (nSPS) is 39.8. The summed E-state index contributed by atoms with van der Waals surface area (Å²) in [6.45, 7) is 6.31. The second-order valence-corrected chi connectivity index (χ2v) is 13.6. The number of esters is 1. The zero-order valence-corrected chi connectivity index (χ0v) is 25.1. The first-order valence-electron chi connectivity index (χ1n) is 14.4. The molecule has 0 bridgehead atoms. The number of thioether (sulfide) groups is 1. The maximum Gasteiger partial charge on any atom is 0.306 e. The van der Waals surface area contributed by atoms with Gasteiger partial charge in [0, 0.05) is 35.2 Å². The number of rotatable bonds is 6. The van der Waals surface area contributed by atoms with Crippen molar-refractivity contribution in [2.45, 2.75) is 76.9 Å². The highest BCUT2D eigenvalue weighted by molar-refractivity contribution is 8.14. The molecule has 5 rings (SSSR count). The number of allylic oxidation sites excluding steroid dienone is 4.